The highest BCUT2D eigenvalue weighted by molar-refractivity contribution is 7.13. The Bertz CT molecular complexity index is 779. The summed E-state index contributed by atoms with van der Waals surface area (Å²) in [6, 6.07) is 5.78. The summed E-state index contributed by atoms with van der Waals surface area (Å²) in [6.07, 6.45) is 2.51. The molecule has 0 aliphatic carbocycles. The minimum absolute atomic E-state index is 0.220. The van der Waals surface area contributed by atoms with Gasteiger partial charge in [0.15, 0.2) is 5.13 Å². The van der Waals surface area contributed by atoms with Gasteiger partial charge >= 0.3 is 0 Å². The smallest absolute Gasteiger partial charge is 0.183 e. The summed E-state index contributed by atoms with van der Waals surface area (Å²) in [6.45, 7) is 8.05. The first-order chi connectivity index (χ1) is 11.9. The van der Waals surface area contributed by atoms with Gasteiger partial charge in [0.1, 0.15) is 11.5 Å². The number of aromatic nitrogens is 1. The Kier molecular flexibility index (Phi) is 6.58. The van der Waals surface area contributed by atoms with E-state index in [0.29, 0.717) is 23.0 Å². The third-order valence-corrected chi connectivity index (χ3v) is 4.23. The molecule has 1 heterocycles. The molecule has 25 heavy (non-hydrogen) atoms. The minimum atomic E-state index is 0.220. The Hall–Kier alpha value is -2.34. The summed E-state index contributed by atoms with van der Waals surface area (Å²) in [5.74, 6) is 0.914. The highest BCUT2D eigenvalue weighted by atomic mass is 32.1. The number of rotatable bonds is 7. The maximum atomic E-state index is 10.3. The summed E-state index contributed by atoms with van der Waals surface area (Å²) in [4.78, 5) is 9.25. The lowest BCUT2D eigenvalue weighted by Crippen LogP contribution is -2.09. The summed E-state index contributed by atoms with van der Waals surface area (Å²) in [5.41, 5.74) is 2.94. The second-order valence-electron chi connectivity index (χ2n) is 5.91. The maximum absolute atomic E-state index is 10.3. The number of hydrogen-bond acceptors (Lipinski definition) is 6. The minimum Gasteiger partial charge on any atom is -0.508 e. The van der Waals surface area contributed by atoms with E-state index in [9.17, 15) is 5.11 Å². The second-order valence-corrected chi connectivity index (χ2v) is 6.77. The Morgan fingerprint density at radius 3 is 2.84 bits per heavy atom. The van der Waals surface area contributed by atoms with Crippen molar-refractivity contribution < 1.29 is 9.84 Å². The topological polar surface area (TPSA) is 66.7 Å². The second kappa shape index (κ2) is 8.67. The average Bonchev–Trinajstić information content (AvgIpc) is 3.02. The van der Waals surface area contributed by atoms with Gasteiger partial charge in [-0.05, 0) is 45.4 Å². The number of methoxy groups -OCH3 is 1. The normalized spacial score (nSPS) is 12.6. The summed E-state index contributed by atoms with van der Waals surface area (Å²) < 4.78 is 5.29. The molecular formula is C19H25N3O2S. The predicted molar refractivity (Wildman–Crippen MR) is 107 cm³/mol. The van der Waals surface area contributed by atoms with Crippen molar-refractivity contribution in [1.82, 2.24) is 4.98 Å². The standard InChI is InChI=1S/C19H25N3O2S/c1-6-7-18(23)15-9-8-14(24-5)10-16(15)21-13(4)17-11-25-19(22-17)20-12(2)3/h7-12,23H,6H2,1-5H3,(H,20,22)/b18-7+,21-13?. The lowest BCUT2D eigenvalue weighted by atomic mass is 10.1. The molecule has 0 spiro atoms. The number of nitrogens with one attached hydrogen (secondary N) is 1. The van der Waals surface area contributed by atoms with E-state index < -0.39 is 0 Å². The Morgan fingerprint density at radius 1 is 1.44 bits per heavy atom. The molecule has 0 saturated carbocycles. The van der Waals surface area contributed by atoms with Crippen LogP contribution in [0.25, 0.3) is 5.76 Å². The molecule has 1 aromatic heterocycles. The Morgan fingerprint density at radius 2 is 2.20 bits per heavy atom. The number of allylic oxidation sites excluding steroid dienone is 1. The van der Waals surface area contributed by atoms with E-state index in [1.807, 2.05) is 37.4 Å². The van der Waals surface area contributed by atoms with Gasteiger partial charge in [0.25, 0.3) is 0 Å². The van der Waals surface area contributed by atoms with Crippen LogP contribution in [0.3, 0.4) is 0 Å². The van der Waals surface area contributed by atoms with Crippen LogP contribution in [-0.2, 0) is 0 Å². The molecular weight excluding hydrogens is 334 g/mol. The van der Waals surface area contributed by atoms with Gasteiger partial charge in [0.2, 0.25) is 0 Å². The van der Waals surface area contributed by atoms with Gasteiger partial charge < -0.3 is 15.2 Å². The zero-order valence-electron chi connectivity index (χ0n) is 15.3. The monoisotopic (exact) mass is 359 g/mol. The van der Waals surface area contributed by atoms with Crippen LogP contribution in [0.15, 0.2) is 34.6 Å². The predicted octanol–water partition coefficient (Wildman–Crippen LogP) is 5.42. The quantitative estimate of drug-likeness (QED) is 0.511. The number of aliphatic hydroxyl groups excluding tert-OH is 1. The summed E-state index contributed by atoms with van der Waals surface area (Å²) in [5, 5.41) is 16.4. The fourth-order valence-electron chi connectivity index (χ4n) is 2.24. The summed E-state index contributed by atoms with van der Waals surface area (Å²) in [7, 11) is 1.61. The van der Waals surface area contributed by atoms with Crippen molar-refractivity contribution >= 4 is 33.6 Å². The highest BCUT2D eigenvalue weighted by Crippen LogP contribution is 2.30. The first-order valence-electron chi connectivity index (χ1n) is 8.29. The lowest BCUT2D eigenvalue weighted by Gasteiger charge is -2.09. The van der Waals surface area contributed by atoms with Gasteiger partial charge in [-0.25, -0.2) is 4.98 Å². The molecule has 6 heteroatoms. The number of thiazole rings is 1. The van der Waals surface area contributed by atoms with Gasteiger partial charge in [-0.2, -0.15) is 0 Å². The number of aliphatic imine (C=N–C) groups is 1. The van der Waals surface area contributed by atoms with Crippen molar-refractivity contribution in [2.45, 2.75) is 40.2 Å². The van der Waals surface area contributed by atoms with Crippen molar-refractivity contribution in [2.75, 3.05) is 12.4 Å². The fourth-order valence-corrected chi connectivity index (χ4v) is 3.14. The van der Waals surface area contributed by atoms with Crippen LogP contribution in [0.1, 0.15) is 45.4 Å². The van der Waals surface area contributed by atoms with Crippen LogP contribution < -0.4 is 10.1 Å². The molecule has 0 aliphatic heterocycles. The lowest BCUT2D eigenvalue weighted by molar-refractivity contribution is 0.415. The number of ether oxygens (including phenoxy) is 1. The van der Waals surface area contributed by atoms with Crippen LogP contribution in [0.2, 0.25) is 0 Å². The molecule has 134 valence electrons. The largest absolute Gasteiger partial charge is 0.508 e. The van der Waals surface area contributed by atoms with Crippen LogP contribution in [0, 0.1) is 0 Å². The Balaban J connectivity index is 2.40. The number of benzene rings is 1. The van der Waals surface area contributed by atoms with E-state index in [1.165, 1.54) is 0 Å². The van der Waals surface area contributed by atoms with Crippen molar-refractivity contribution in [3.63, 3.8) is 0 Å². The van der Waals surface area contributed by atoms with Crippen LogP contribution >= 0.6 is 11.3 Å². The molecule has 1 aromatic carbocycles. The molecule has 0 fully saturated rings. The van der Waals surface area contributed by atoms with Crippen LogP contribution in [0.4, 0.5) is 10.8 Å². The molecule has 2 N–H and O–H groups in total. The molecule has 0 aliphatic rings. The van der Waals surface area contributed by atoms with E-state index in [-0.39, 0.29) is 5.76 Å². The molecule has 5 nitrogen and oxygen atoms in total. The first-order valence-corrected chi connectivity index (χ1v) is 9.17. The first kappa shape index (κ1) is 19.0. The van der Waals surface area contributed by atoms with E-state index >= 15 is 0 Å². The zero-order valence-corrected chi connectivity index (χ0v) is 16.1. The van der Waals surface area contributed by atoms with Crippen molar-refractivity contribution in [1.29, 1.82) is 0 Å². The highest BCUT2D eigenvalue weighted by Gasteiger charge is 2.11. The van der Waals surface area contributed by atoms with Crippen molar-refractivity contribution in [2.24, 2.45) is 4.99 Å². The van der Waals surface area contributed by atoms with Crippen LogP contribution in [-0.4, -0.2) is 29.0 Å². The zero-order chi connectivity index (χ0) is 18.4. The van der Waals surface area contributed by atoms with E-state index in [4.69, 9.17) is 4.74 Å². The van der Waals surface area contributed by atoms with Gasteiger partial charge in [-0.1, -0.05) is 6.92 Å². The molecule has 0 radical (unpaired) electrons. The molecule has 2 aromatic rings. The van der Waals surface area contributed by atoms with Crippen molar-refractivity contribution in [3.05, 3.63) is 40.9 Å². The Labute approximate surface area is 153 Å². The number of hydrogen-bond donors (Lipinski definition) is 2. The van der Waals surface area contributed by atoms with E-state index in [1.54, 1.807) is 24.5 Å². The van der Waals surface area contributed by atoms with E-state index in [0.717, 1.165) is 23.0 Å². The van der Waals surface area contributed by atoms with Gasteiger partial charge in [0.05, 0.1) is 24.2 Å². The number of anilines is 1. The average molecular weight is 359 g/mol. The third kappa shape index (κ3) is 5.06. The SMILES string of the molecule is CC/C=C(/O)c1ccc(OC)cc1N=C(C)c1csc(NC(C)C)n1. The van der Waals surface area contributed by atoms with Gasteiger partial charge in [0, 0.05) is 23.1 Å². The summed E-state index contributed by atoms with van der Waals surface area (Å²) >= 11 is 1.55. The number of aliphatic hydroxyl groups is 1. The molecule has 0 unspecified atom stereocenters. The maximum Gasteiger partial charge on any atom is 0.183 e. The van der Waals surface area contributed by atoms with Crippen molar-refractivity contribution in [3.8, 4) is 5.75 Å². The molecule has 0 bridgehead atoms. The third-order valence-electron chi connectivity index (χ3n) is 3.45. The fraction of sp³-hybridized carbons (Fsp3) is 0.368. The number of nitrogens with zero attached hydrogens (tertiary/aromatic N) is 2. The van der Waals surface area contributed by atoms with Gasteiger partial charge in [-0.3, -0.25) is 4.99 Å². The van der Waals surface area contributed by atoms with Gasteiger partial charge in [-0.15, -0.1) is 11.3 Å². The molecule has 0 amide bonds. The molecule has 0 saturated heterocycles. The van der Waals surface area contributed by atoms with E-state index in [2.05, 4.69) is 29.1 Å². The molecule has 2 rings (SSSR count). The molecule has 0 atom stereocenters. The van der Waals surface area contributed by atoms with Crippen LogP contribution in [0.5, 0.6) is 5.75 Å².